The smallest absolute Gasteiger partial charge is 0.0113 e. The topological polar surface area (TPSA) is 0 Å². The standard InChI is InChI=1S/3C6H10S.3FH/c3*1-3-5-7-6-4-2;;;/h3*3-4H,1-2,5-6H2;3*1H. The lowest BCUT2D eigenvalue weighted by Gasteiger charge is -1.85. The quantitative estimate of drug-likeness (QED) is 0.262. The van der Waals surface area contributed by atoms with Crippen molar-refractivity contribution in [1.29, 1.82) is 0 Å². The Hall–Kier alpha value is -0.720. The Balaban J connectivity index is -0.0000000476. The number of halogens is 3. The lowest BCUT2D eigenvalue weighted by molar-refractivity contribution is 1.11. The van der Waals surface area contributed by atoms with Crippen LogP contribution in [-0.2, 0) is 0 Å². The average molecular weight is 403 g/mol. The Labute approximate surface area is 159 Å². The van der Waals surface area contributed by atoms with Crippen LogP contribution in [0.1, 0.15) is 0 Å². The minimum Gasteiger partial charge on any atom is -0.269 e. The van der Waals surface area contributed by atoms with E-state index in [0.717, 1.165) is 34.5 Å². The third kappa shape index (κ3) is 68.8. The van der Waals surface area contributed by atoms with Gasteiger partial charge in [-0.15, -0.1) is 39.5 Å². The molecule has 24 heavy (non-hydrogen) atoms. The molecule has 0 unspecified atom stereocenters. The van der Waals surface area contributed by atoms with Crippen molar-refractivity contribution in [1.82, 2.24) is 0 Å². The molecule has 0 bridgehead atoms. The third-order valence-electron chi connectivity index (χ3n) is 1.41. The molecule has 0 aromatic heterocycles. The highest BCUT2D eigenvalue weighted by atomic mass is 32.2. The van der Waals surface area contributed by atoms with Crippen LogP contribution in [0.15, 0.2) is 75.9 Å². The first-order valence-electron chi connectivity index (χ1n) is 6.63. The van der Waals surface area contributed by atoms with Gasteiger partial charge in [-0.05, 0) is 0 Å². The van der Waals surface area contributed by atoms with Gasteiger partial charge in [0.15, 0.2) is 0 Å². The van der Waals surface area contributed by atoms with Gasteiger partial charge in [-0.25, -0.2) is 0 Å². The van der Waals surface area contributed by atoms with E-state index in [0.29, 0.717) is 0 Å². The van der Waals surface area contributed by atoms with Crippen LogP contribution >= 0.6 is 35.3 Å². The fraction of sp³-hybridized carbons (Fsp3) is 0.333. The normalized spacial score (nSPS) is 7.00. The fourth-order valence-electron chi connectivity index (χ4n) is 0.704. The summed E-state index contributed by atoms with van der Waals surface area (Å²) in [5.41, 5.74) is 0. The van der Waals surface area contributed by atoms with E-state index in [2.05, 4.69) is 39.5 Å². The van der Waals surface area contributed by atoms with Crippen LogP contribution in [0.25, 0.3) is 0 Å². The maximum absolute atomic E-state index is 3.58. The van der Waals surface area contributed by atoms with Crippen LogP contribution in [0.5, 0.6) is 0 Å². The SMILES string of the molecule is C=CCSCC=C.C=CCSCC=C.C=CCSCC=C.F.F.F. The molecule has 0 aliphatic heterocycles. The Morgan fingerprint density at radius 2 is 0.500 bits per heavy atom. The summed E-state index contributed by atoms with van der Waals surface area (Å²) in [6.07, 6.45) is 11.4. The second kappa shape index (κ2) is 49.5. The molecule has 0 rings (SSSR count). The molecule has 6 heteroatoms. The highest BCUT2D eigenvalue weighted by molar-refractivity contribution is 7.99. The van der Waals surface area contributed by atoms with Gasteiger partial charge in [0.25, 0.3) is 0 Å². The van der Waals surface area contributed by atoms with Gasteiger partial charge in [0.2, 0.25) is 0 Å². The van der Waals surface area contributed by atoms with Crippen molar-refractivity contribution in [2.75, 3.05) is 34.5 Å². The molecule has 0 heterocycles. The Bertz CT molecular complexity index is 203. The molecule has 0 amide bonds. The van der Waals surface area contributed by atoms with Crippen LogP contribution in [0.2, 0.25) is 0 Å². The van der Waals surface area contributed by atoms with Crippen LogP contribution in [-0.4, -0.2) is 34.5 Å². The fourth-order valence-corrected chi connectivity index (χ4v) is 2.11. The van der Waals surface area contributed by atoms with Gasteiger partial charge in [-0.2, -0.15) is 35.3 Å². The molecule has 0 saturated carbocycles. The van der Waals surface area contributed by atoms with Crippen molar-refractivity contribution in [3.63, 3.8) is 0 Å². The second-order valence-corrected chi connectivity index (χ2v) is 6.57. The summed E-state index contributed by atoms with van der Waals surface area (Å²) in [5, 5.41) is 0. The number of thioether (sulfide) groups is 3. The van der Waals surface area contributed by atoms with E-state index in [1.54, 1.807) is 0 Å². The molecule has 0 N–H and O–H groups in total. The van der Waals surface area contributed by atoms with Gasteiger partial charge in [-0.1, -0.05) is 36.5 Å². The minimum absolute atomic E-state index is 0. The molecule has 144 valence electrons. The lowest BCUT2D eigenvalue weighted by atomic mass is 10.8. The van der Waals surface area contributed by atoms with Crippen LogP contribution in [0.4, 0.5) is 14.1 Å². The van der Waals surface area contributed by atoms with E-state index >= 15 is 0 Å². The zero-order valence-electron chi connectivity index (χ0n) is 14.4. The summed E-state index contributed by atoms with van der Waals surface area (Å²) >= 11 is 5.45. The average Bonchev–Trinajstić information content (AvgIpc) is 2.50. The Kier molecular flexibility index (Phi) is 79.8. The van der Waals surface area contributed by atoms with Crippen molar-refractivity contribution in [3.8, 4) is 0 Å². The molecular formula is C18H33F3S3. The van der Waals surface area contributed by atoms with Gasteiger partial charge in [-0.3, -0.25) is 14.1 Å². The molecule has 0 fully saturated rings. The summed E-state index contributed by atoms with van der Waals surface area (Å²) in [5.74, 6) is 6.20. The largest absolute Gasteiger partial charge is 0.269 e. The van der Waals surface area contributed by atoms with E-state index in [-0.39, 0.29) is 14.1 Å². The first kappa shape index (κ1) is 38.7. The van der Waals surface area contributed by atoms with Crippen molar-refractivity contribution in [3.05, 3.63) is 75.9 Å². The minimum atomic E-state index is 0. The third-order valence-corrected chi connectivity index (χ3v) is 4.24. The highest BCUT2D eigenvalue weighted by Gasteiger charge is 1.74. The summed E-state index contributed by atoms with van der Waals surface area (Å²) in [7, 11) is 0. The van der Waals surface area contributed by atoms with Crippen LogP contribution in [0, 0.1) is 0 Å². The number of hydrogen-bond donors (Lipinski definition) is 0. The molecule has 0 aliphatic rings. The molecule has 0 radical (unpaired) electrons. The zero-order valence-corrected chi connectivity index (χ0v) is 16.8. The predicted molar refractivity (Wildman–Crippen MR) is 121 cm³/mol. The maximum atomic E-state index is 3.58. The van der Waals surface area contributed by atoms with Gasteiger partial charge < -0.3 is 0 Å². The van der Waals surface area contributed by atoms with Gasteiger partial charge in [0.1, 0.15) is 0 Å². The summed E-state index contributed by atoms with van der Waals surface area (Å²) in [6, 6.07) is 0. The molecule has 0 atom stereocenters. The van der Waals surface area contributed by atoms with Crippen LogP contribution < -0.4 is 0 Å². The first-order valence-corrected chi connectivity index (χ1v) is 10.1. The Morgan fingerprint density at radius 1 is 0.375 bits per heavy atom. The number of hydrogen-bond acceptors (Lipinski definition) is 3. The van der Waals surface area contributed by atoms with E-state index in [4.69, 9.17) is 0 Å². The molecular weight excluding hydrogens is 369 g/mol. The van der Waals surface area contributed by atoms with E-state index in [1.165, 1.54) is 0 Å². The summed E-state index contributed by atoms with van der Waals surface area (Å²) in [6.45, 7) is 21.5. The molecule has 0 aromatic rings. The molecule has 0 aliphatic carbocycles. The zero-order chi connectivity index (χ0) is 16.6. The van der Waals surface area contributed by atoms with Gasteiger partial charge in [0.05, 0.1) is 0 Å². The van der Waals surface area contributed by atoms with Crippen molar-refractivity contribution >= 4 is 35.3 Å². The molecule has 0 spiro atoms. The Morgan fingerprint density at radius 3 is 0.583 bits per heavy atom. The maximum Gasteiger partial charge on any atom is 0.0113 e. The van der Waals surface area contributed by atoms with Gasteiger partial charge >= 0.3 is 0 Å². The van der Waals surface area contributed by atoms with Crippen molar-refractivity contribution in [2.24, 2.45) is 0 Å². The van der Waals surface area contributed by atoms with Crippen molar-refractivity contribution < 1.29 is 14.1 Å². The highest BCUT2D eigenvalue weighted by Crippen LogP contribution is 1.98. The summed E-state index contributed by atoms with van der Waals surface area (Å²) in [4.78, 5) is 0. The molecule has 0 aromatic carbocycles. The van der Waals surface area contributed by atoms with Crippen molar-refractivity contribution in [2.45, 2.75) is 0 Å². The second-order valence-electron chi connectivity index (χ2n) is 3.34. The first-order chi connectivity index (χ1) is 10.2. The van der Waals surface area contributed by atoms with E-state index in [9.17, 15) is 0 Å². The van der Waals surface area contributed by atoms with Crippen LogP contribution in [0.3, 0.4) is 0 Å². The summed E-state index contributed by atoms with van der Waals surface area (Å²) < 4.78 is 0. The monoisotopic (exact) mass is 402 g/mol. The molecule has 0 nitrogen and oxygen atoms in total. The van der Waals surface area contributed by atoms with Gasteiger partial charge in [0, 0.05) is 34.5 Å². The van der Waals surface area contributed by atoms with E-state index in [1.807, 2.05) is 71.7 Å². The lowest BCUT2D eigenvalue weighted by Crippen LogP contribution is -1.69. The molecule has 0 saturated heterocycles. The predicted octanol–water partition coefficient (Wildman–Crippen LogP) is 6.73. The van der Waals surface area contributed by atoms with E-state index < -0.39 is 0 Å². The number of rotatable bonds is 12.